The fourth-order valence-electron chi connectivity index (χ4n) is 2.61. The molecule has 0 fully saturated rings. The van der Waals surface area contributed by atoms with Crippen LogP contribution in [0.1, 0.15) is 21.7 Å². The van der Waals surface area contributed by atoms with E-state index in [1.165, 1.54) is 0 Å². The Morgan fingerprint density at radius 1 is 1.12 bits per heavy atom. The molecule has 1 amide bonds. The number of rotatable bonds is 7. The molecule has 3 aromatic rings. The van der Waals surface area contributed by atoms with Crippen molar-refractivity contribution in [3.8, 4) is 17.1 Å². The summed E-state index contributed by atoms with van der Waals surface area (Å²) in [6.45, 7) is 2.99. The molecule has 0 spiro atoms. The lowest BCUT2D eigenvalue weighted by atomic mass is 10.1. The fraction of sp³-hybridized carbons (Fsp3) is 0.190. The van der Waals surface area contributed by atoms with Crippen LogP contribution in [0, 0.1) is 6.92 Å². The average molecular weight is 350 g/mol. The van der Waals surface area contributed by atoms with Crippen molar-refractivity contribution in [1.29, 1.82) is 0 Å². The highest BCUT2D eigenvalue weighted by Gasteiger charge is 2.14. The van der Waals surface area contributed by atoms with Crippen LogP contribution in [0.4, 0.5) is 0 Å². The first-order valence-electron chi connectivity index (χ1n) is 8.53. The number of hydrogen-bond donors (Lipinski definition) is 2. The Morgan fingerprint density at radius 2 is 1.92 bits per heavy atom. The van der Waals surface area contributed by atoms with Gasteiger partial charge in [-0.3, -0.25) is 4.79 Å². The third kappa shape index (κ3) is 4.32. The molecule has 134 valence electrons. The van der Waals surface area contributed by atoms with Gasteiger partial charge in [0, 0.05) is 12.1 Å². The van der Waals surface area contributed by atoms with Crippen molar-refractivity contribution in [2.45, 2.75) is 13.5 Å². The summed E-state index contributed by atoms with van der Waals surface area (Å²) < 4.78 is 11.4. The highest BCUT2D eigenvalue weighted by Crippen LogP contribution is 2.23. The molecule has 0 bridgehead atoms. The van der Waals surface area contributed by atoms with E-state index < -0.39 is 0 Å². The molecule has 0 aliphatic carbocycles. The summed E-state index contributed by atoms with van der Waals surface area (Å²) in [6, 6.07) is 19.1. The number of nitrogens with one attached hydrogen (secondary N) is 1. The first-order chi connectivity index (χ1) is 12.7. The molecule has 26 heavy (non-hydrogen) atoms. The van der Waals surface area contributed by atoms with Crippen molar-refractivity contribution >= 4 is 5.91 Å². The Kier molecular flexibility index (Phi) is 5.71. The maximum atomic E-state index is 12.6. The van der Waals surface area contributed by atoms with Gasteiger partial charge in [-0.25, -0.2) is 0 Å². The number of carbonyl (C=O) groups excluding carboxylic acids is 1. The van der Waals surface area contributed by atoms with E-state index in [0.29, 0.717) is 36.8 Å². The summed E-state index contributed by atoms with van der Waals surface area (Å²) in [4.78, 5) is 12.6. The van der Waals surface area contributed by atoms with Crippen LogP contribution in [0.2, 0.25) is 0 Å². The Morgan fingerprint density at radius 3 is 2.69 bits per heavy atom. The van der Waals surface area contributed by atoms with Crippen molar-refractivity contribution in [3.05, 3.63) is 77.6 Å². The number of ether oxygens (including phenoxy) is 1. The van der Waals surface area contributed by atoms with Gasteiger partial charge in [-0.05, 0) is 31.2 Å². The molecule has 0 unspecified atom stereocenters. The largest absolute Gasteiger partial charge is 0.491 e. The van der Waals surface area contributed by atoms with E-state index in [9.17, 15) is 4.79 Å². The van der Waals surface area contributed by atoms with Gasteiger partial charge >= 0.3 is 0 Å². The number of furan rings is 1. The second-order valence-electron chi connectivity index (χ2n) is 5.95. The van der Waals surface area contributed by atoms with E-state index >= 15 is 0 Å². The highest BCUT2D eigenvalue weighted by atomic mass is 16.5. The van der Waals surface area contributed by atoms with Crippen LogP contribution in [-0.4, -0.2) is 19.1 Å². The second-order valence-corrected chi connectivity index (χ2v) is 5.95. The fourth-order valence-corrected chi connectivity index (χ4v) is 2.61. The van der Waals surface area contributed by atoms with E-state index in [-0.39, 0.29) is 5.91 Å². The molecular weight excluding hydrogens is 328 g/mol. The quantitative estimate of drug-likeness (QED) is 0.683. The van der Waals surface area contributed by atoms with Gasteiger partial charge in [0.2, 0.25) is 0 Å². The molecule has 0 radical (unpaired) electrons. The van der Waals surface area contributed by atoms with Gasteiger partial charge in [0.25, 0.3) is 5.91 Å². The first kappa shape index (κ1) is 17.8. The Hall–Kier alpha value is -3.05. The number of nitrogens with two attached hydrogens (primary N) is 1. The molecule has 0 aliphatic heterocycles. The highest BCUT2D eigenvalue weighted by molar-refractivity contribution is 5.97. The van der Waals surface area contributed by atoms with E-state index in [2.05, 4.69) is 5.32 Å². The third-order valence-electron chi connectivity index (χ3n) is 3.90. The summed E-state index contributed by atoms with van der Waals surface area (Å²) >= 11 is 0. The van der Waals surface area contributed by atoms with Crippen LogP contribution >= 0.6 is 0 Å². The van der Waals surface area contributed by atoms with Crippen molar-refractivity contribution in [1.82, 2.24) is 5.32 Å². The zero-order chi connectivity index (χ0) is 18.4. The lowest BCUT2D eigenvalue weighted by Gasteiger charge is -2.11. The molecule has 5 nitrogen and oxygen atoms in total. The maximum absolute atomic E-state index is 12.6. The van der Waals surface area contributed by atoms with Crippen LogP contribution in [0.3, 0.4) is 0 Å². The second kappa shape index (κ2) is 8.36. The topological polar surface area (TPSA) is 77.5 Å². The van der Waals surface area contributed by atoms with Crippen LogP contribution in [0.15, 0.2) is 65.1 Å². The van der Waals surface area contributed by atoms with Gasteiger partial charge in [-0.2, -0.15) is 0 Å². The SMILES string of the molecule is Cc1ccc(OCCN)c(C(=O)NCc2ccc(-c3ccccc3)o2)c1. The van der Waals surface area contributed by atoms with Gasteiger partial charge < -0.3 is 20.2 Å². The molecule has 3 rings (SSSR count). The first-order valence-corrected chi connectivity index (χ1v) is 8.53. The Labute approximate surface area is 152 Å². The number of aryl methyl sites for hydroxylation is 1. The minimum Gasteiger partial charge on any atom is -0.491 e. The summed E-state index contributed by atoms with van der Waals surface area (Å²) in [5.74, 6) is 1.79. The van der Waals surface area contributed by atoms with Gasteiger partial charge in [0.05, 0.1) is 12.1 Å². The van der Waals surface area contributed by atoms with E-state index in [4.69, 9.17) is 14.9 Å². The monoisotopic (exact) mass is 350 g/mol. The number of benzene rings is 2. The molecule has 0 aliphatic rings. The molecule has 0 saturated carbocycles. The maximum Gasteiger partial charge on any atom is 0.255 e. The van der Waals surface area contributed by atoms with Crippen LogP contribution < -0.4 is 15.8 Å². The summed E-state index contributed by atoms with van der Waals surface area (Å²) in [7, 11) is 0. The number of hydrogen-bond acceptors (Lipinski definition) is 4. The van der Waals surface area contributed by atoms with Crippen molar-refractivity contribution < 1.29 is 13.9 Å². The minimum absolute atomic E-state index is 0.210. The van der Waals surface area contributed by atoms with Crippen LogP contribution in [-0.2, 0) is 6.54 Å². The molecule has 1 heterocycles. The zero-order valence-electron chi connectivity index (χ0n) is 14.7. The molecule has 0 atom stereocenters. The molecule has 0 saturated heterocycles. The summed E-state index contributed by atoms with van der Waals surface area (Å²) in [6.07, 6.45) is 0. The van der Waals surface area contributed by atoms with Crippen molar-refractivity contribution in [2.24, 2.45) is 5.73 Å². The molecule has 2 aromatic carbocycles. The molecule has 1 aromatic heterocycles. The Balaban J connectivity index is 1.68. The zero-order valence-corrected chi connectivity index (χ0v) is 14.7. The lowest BCUT2D eigenvalue weighted by Crippen LogP contribution is -2.24. The van der Waals surface area contributed by atoms with E-state index in [0.717, 1.165) is 16.9 Å². The predicted octanol–water partition coefficient (Wildman–Crippen LogP) is 3.52. The average Bonchev–Trinajstić information content (AvgIpc) is 3.15. The predicted molar refractivity (Wildman–Crippen MR) is 101 cm³/mol. The number of carbonyl (C=O) groups is 1. The van der Waals surface area contributed by atoms with E-state index in [1.54, 1.807) is 12.1 Å². The van der Waals surface area contributed by atoms with E-state index in [1.807, 2.05) is 55.5 Å². The summed E-state index contributed by atoms with van der Waals surface area (Å²) in [5, 5.41) is 2.88. The van der Waals surface area contributed by atoms with Gasteiger partial charge in [0.1, 0.15) is 23.9 Å². The molecular formula is C21H22N2O3. The molecule has 5 heteroatoms. The number of amides is 1. The van der Waals surface area contributed by atoms with Crippen LogP contribution in [0.25, 0.3) is 11.3 Å². The van der Waals surface area contributed by atoms with Crippen LogP contribution in [0.5, 0.6) is 5.75 Å². The Bertz CT molecular complexity index is 872. The normalized spacial score (nSPS) is 10.5. The smallest absolute Gasteiger partial charge is 0.255 e. The van der Waals surface area contributed by atoms with Gasteiger partial charge in [-0.1, -0.05) is 42.0 Å². The molecule has 3 N–H and O–H groups in total. The van der Waals surface area contributed by atoms with Gasteiger partial charge in [-0.15, -0.1) is 0 Å². The van der Waals surface area contributed by atoms with Crippen molar-refractivity contribution in [2.75, 3.05) is 13.2 Å². The van der Waals surface area contributed by atoms with Crippen molar-refractivity contribution in [3.63, 3.8) is 0 Å². The summed E-state index contributed by atoms with van der Waals surface area (Å²) in [5.41, 5.74) is 7.96. The standard InChI is InChI=1S/C21H22N2O3/c1-15-7-9-20(25-12-11-22)18(13-15)21(24)23-14-17-8-10-19(26-17)16-5-3-2-4-6-16/h2-10,13H,11-12,14,22H2,1H3,(H,23,24). The lowest BCUT2D eigenvalue weighted by molar-refractivity contribution is 0.0944. The third-order valence-corrected chi connectivity index (χ3v) is 3.90. The minimum atomic E-state index is -0.210. The van der Waals surface area contributed by atoms with Gasteiger partial charge in [0.15, 0.2) is 0 Å².